The van der Waals surface area contributed by atoms with Gasteiger partial charge in [-0.2, -0.15) is 0 Å². The summed E-state index contributed by atoms with van der Waals surface area (Å²) in [6.07, 6.45) is 1.06. The number of anilines is 2. The average Bonchev–Trinajstić information content (AvgIpc) is 3.07. The Balaban J connectivity index is 1.71. The molecule has 0 aliphatic heterocycles. The Hall–Kier alpha value is -3.29. The summed E-state index contributed by atoms with van der Waals surface area (Å²) in [6.45, 7) is 5.34. The van der Waals surface area contributed by atoms with E-state index in [0.29, 0.717) is 17.3 Å². The first-order chi connectivity index (χ1) is 12.2. The maximum atomic E-state index is 12.5. The molecular formula is C18H21N5O3. The molecule has 3 aromatic rings. The second-order valence-corrected chi connectivity index (χ2v) is 6.91. The molecule has 0 atom stereocenters. The van der Waals surface area contributed by atoms with Crippen molar-refractivity contribution in [3.05, 3.63) is 42.2 Å². The number of benzene rings is 1. The standard InChI is InChI=1S/C18H21N5O3/c1-18(2,3)26-17(25)19-11-9-14(23(4)10-11)15(24)22-16-20-12-7-5-6-8-13(12)21-16/h5-10H,1-4H3,(H,19,25)(H2,20,21,22,24). The van der Waals surface area contributed by atoms with Crippen molar-refractivity contribution in [3.63, 3.8) is 0 Å². The number of fused-ring (bicyclic) bond motifs is 1. The van der Waals surface area contributed by atoms with Crippen molar-refractivity contribution < 1.29 is 14.3 Å². The zero-order valence-corrected chi connectivity index (χ0v) is 15.1. The van der Waals surface area contributed by atoms with Crippen LogP contribution in [0.2, 0.25) is 0 Å². The second-order valence-electron chi connectivity index (χ2n) is 6.91. The number of hydrogen-bond acceptors (Lipinski definition) is 4. The Morgan fingerprint density at radius 3 is 2.62 bits per heavy atom. The van der Waals surface area contributed by atoms with E-state index >= 15 is 0 Å². The van der Waals surface area contributed by atoms with Gasteiger partial charge in [0.05, 0.1) is 16.7 Å². The highest BCUT2D eigenvalue weighted by Gasteiger charge is 2.18. The summed E-state index contributed by atoms with van der Waals surface area (Å²) < 4.78 is 6.82. The van der Waals surface area contributed by atoms with Crippen molar-refractivity contribution in [1.82, 2.24) is 14.5 Å². The van der Waals surface area contributed by atoms with Gasteiger partial charge in [0.1, 0.15) is 11.3 Å². The minimum absolute atomic E-state index is 0.344. The third kappa shape index (κ3) is 4.02. The van der Waals surface area contributed by atoms with Gasteiger partial charge in [-0.15, -0.1) is 0 Å². The third-order valence-corrected chi connectivity index (χ3v) is 3.50. The molecule has 3 rings (SSSR count). The molecule has 0 aliphatic rings. The number of aryl methyl sites for hydroxylation is 1. The second kappa shape index (κ2) is 6.55. The topological polar surface area (TPSA) is 101 Å². The van der Waals surface area contributed by atoms with Crippen LogP contribution in [0.5, 0.6) is 0 Å². The van der Waals surface area contributed by atoms with Crippen LogP contribution in [-0.2, 0) is 11.8 Å². The lowest BCUT2D eigenvalue weighted by atomic mass is 10.2. The fourth-order valence-corrected chi connectivity index (χ4v) is 2.46. The summed E-state index contributed by atoms with van der Waals surface area (Å²) in [5.74, 6) is 0.0165. The van der Waals surface area contributed by atoms with E-state index in [9.17, 15) is 9.59 Å². The molecule has 2 aromatic heterocycles. The highest BCUT2D eigenvalue weighted by atomic mass is 16.6. The lowest BCUT2D eigenvalue weighted by Crippen LogP contribution is -2.27. The average molecular weight is 355 g/mol. The molecule has 8 heteroatoms. The first kappa shape index (κ1) is 17.5. The highest BCUT2D eigenvalue weighted by Crippen LogP contribution is 2.18. The molecule has 0 unspecified atom stereocenters. The Kier molecular flexibility index (Phi) is 4.41. The van der Waals surface area contributed by atoms with Crippen LogP contribution < -0.4 is 10.6 Å². The predicted octanol–water partition coefficient (Wildman–Crippen LogP) is 3.50. The van der Waals surface area contributed by atoms with Crippen LogP contribution in [0, 0.1) is 0 Å². The normalized spacial score (nSPS) is 11.4. The Labute approximate surface area is 150 Å². The van der Waals surface area contributed by atoms with E-state index in [0.717, 1.165) is 11.0 Å². The number of ether oxygens (including phenoxy) is 1. The molecule has 0 spiro atoms. The maximum Gasteiger partial charge on any atom is 0.412 e. The minimum atomic E-state index is -0.597. The molecule has 136 valence electrons. The van der Waals surface area contributed by atoms with Gasteiger partial charge in [-0.3, -0.25) is 15.4 Å². The number of carbonyl (C=O) groups is 2. The monoisotopic (exact) mass is 355 g/mol. The van der Waals surface area contributed by atoms with Gasteiger partial charge in [0.15, 0.2) is 0 Å². The number of carbonyl (C=O) groups excluding carboxylic acids is 2. The maximum absolute atomic E-state index is 12.5. The zero-order valence-electron chi connectivity index (χ0n) is 15.1. The number of aromatic nitrogens is 3. The van der Waals surface area contributed by atoms with E-state index in [1.165, 1.54) is 0 Å². The first-order valence-electron chi connectivity index (χ1n) is 8.14. The summed E-state index contributed by atoms with van der Waals surface area (Å²) in [7, 11) is 1.72. The molecular weight excluding hydrogens is 334 g/mol. The van der Waals surface area contributed by atoms with Crippen molar-refractivity contribution in [2.24, 2.45) is 7.05 Å². The summed E-state index contributed by atoms with van der Waals surface area (Å²) in [4.78, 5) is 31.7. The van der Waals surface area contributed by atoms with Crippen LogP contribution in [0.1, 0.15) is 31.3 Å². The number of amides is 2. The first-order valence-corrected chi connectivity index (χ1v) is 8.14. The van der Waals surface area contributed by atoms with E-state index in [1.807, 2.05) is 24.3 Å². The fourth-order valence-electron chi connectivity index (χ4n) is 2.46. The van der Waals surface area contributed by atoms with Crippen LogP contribution in [-0.4, -0.2) is 32.1 Å². The molecule has 0 fully saturated rings. The summed E-state index contributed by atoms with van der Waals surface area (Å²) in [6, 6.07) is 9.07. The molecule has 0 saturated heterocycles. The van der Waals surface area contributed by atoms with E-state index in [2.05, 4.69) is 20.6 Å². The van der Waals surface area contributed by atoms with E-state index in [4.69, 9.17) is 4.74 Å². The fraction of sp³-hybridized carbons (Fsp3) is 0.278. The number of imidazole rings is 1. The van der Waals surface area contributed by atoms with Gasteiger partial charge in [-0.25, -0.2) is 9.78 Å². The van der Waals surface area contributed by atoms with Gasteiger partial charge in [0.25, 0.3) is 5.91 Å². The number of aromatic amines is 1. The Morgan fingerprint density at radius 1 is 1.19 bits per heavy atom. The van der Waals surface area contributed by atoms with Gasteiger partial charge in [-0.1, -0.05) is 12.1 Å². The zero-order chi connectivity index (χ0) is 18.9. The van der Waals surface area contributed by atoms with Crippen molar-refractivity contribution in [3.8, 4) is 0 Å². The van der Waals surface area contributed by atoms with Crippen LogP contribution in [0.4, 0.5) is 16.4 Å². The summed E-state index contributed by atoms with van der Waals surface area (Å²) in [5.41, 5.74) is 1.84. The van der Waals surface area contributed by atoms with Gasteiger partial charge in [-0.05, 0) is 39.0 Å². The molecule has 0 aliphatic carbocycles. The van der Waals surface area contributed by atoms with Crippen molar-refractivity contribution in [2.75, 3.05) is 10.6 Å². The van der Waals surface area contributed by atoms with Crippen molar-refractivity contribution in [1.29, 1.82) is 0 Å². The SMILES string of the molecule is Cn1cc(NC(=O)OC(C)(C)C)cc1C(=O)Nc1nc2ccccc2[nH]1. The van der Waals surface area contributed by atoms with Gasteiger partial charge < -0.3 is 14.3 Å². The molecule has 3 N–H and O–H groups in total. The number of H-pyrrole nitrogens is 1. The van der Waals surface area contributed by atoms with Crippen molar-refractivity contribution >= 4 is 34.7 Å². The van der Waals surface area contributed by atoms with E-state index < -0.39 is 11.7 Å². The summed E-state index contributed by atoms with van der Waals surface area (Å²) in [5, 5.41) is 5.34. The quantitative estimate of drug-likeness (QED) is 0.669. The number of nitrogens with one attached hydrogen (secondary N) is 3. The molecule has 8 nitrogen and oxygen atoms in total. The Bertz CT molecular complexity index is 932. The van der Waals surface area contributed by atoms with Crippen LogP contribution in [0.3, 0.4) is 0 Å². The summed E-state index contributed by atoms with van der Waals surface area (Å²) >= 11 is 0. The lowest BCUT2D eigenvalue weighted by Gasteiger charge is -2.19. The van der Waals surface area contributed by atoms with Gasteiger partial charge in [0, 0.05) is 13.2 Å². The number of para-hydroxylation sites is 2. The Morgan fingerprint density at radius 2 is 1.92 bits per heavy atom. The minimum Gasteiger partial charge on any atom is -0.444 e. The van der Waals surface area contributed by atoms with E-state index in [-0.39, 0.29) is 5.91 Å². The third-order valence-electron chi connectivity index (χ3n) is 3.50. The molecule has 0 radical (unpaired) electrons. The highest BCUT2D eigenvalue weighted by molar-refractivity contribution is 6.04. The van der Waals surface area contributed by atoms with Crippen LogP contribution in [0.15, 0.2) is 36.5 Å². The number of rotatable bonds is 3. The number of hydrogen-bond donors (Lipinski definition) is 3. The molecule has 1 aromatic carbocycles. The number of nitrogens with zero attached hydrogens (tertiary/aromatic N) is 2. The van der Waals surface area contributed by atoms with Crippen LogP contribution in [0.25, 0.3) is 11.0 Å². The van der Waals surface area contributed by atoms with E-state index in [1.54, 1.807) is 44.6 Å². The largest absolute Gasteiger partial charge is 0.444 e. The smallest absolute Gasteiger partial charge is 0.412 e. The molecule has 26 heavy (non-hydrogen) atoms. The molecule has 0 bridgehead atoms. The molecule has 2 amide bonds. The molecule has 2 heterocycles. The lowest BCUT2D eigenvalue weighted by molar-refractivity contribution is 0.0635. The van der Waals surface area contributed by atoms with Crippen molar-refractivity contribution in [2.45, 2.75) is 26.4 Å². The van der Waals surface area contributed by atoms with Gasteiger partial charge >= 0.3 is 6.09 Å². The predicted molar refractivity (Wildman–Crippen MR) is 99.3 cm³/mol. The van der Waals surface area contributed by atoms with Gasteiger partial charge in [0.2, 0.25) is 5.95 Å². The van der Waals surface area contributed by atoms with Crippen LogP contribution >= 0.6 is 0 Å². The molecule has 0 saturated carbocycles.